The van der Waals surface area contributed by atoms with Gasteiger partial charge in [0.1, 0.15) is 10.8 Å². The van der Waals surface area contributed by atoms with Crippen molar-refractivity contribution in [2.75, 3.05) is 23.3 Å². The quantitative estimate of drug-likeness (QED) is 0.760. The molecule has 1 fully saturated rings. The zero-order valence-electron chi connectivity index (χ0n) is 17.8. The average molecular weight is 421 g/mol. The van der Waals surface area contributed by atoms with E-state index < -0.39 is 11.6 Å². The van der Waals surface area contributed by atoms with Crippen LogP contribution in [0.15, 0.2) is 18.2 Å². The van der Waals surface area contributed by atoms with E-state index >= 15 is 0 Å². The van der Waals surface area contributed by atoms with Crippen LogP contribution in [0.25, 0.3) is 0 Å². The molecule has 2 N–H and O–H groups in total. The number of ether oxygens (including phenoxy) is 1. The van der Waals surface area contributed by atoms with Gasteiger partial charge in [-0.1, -0.05) is 0 Å². The molecule has 29 heavy (non-hydrogen) atoms. The number of nitrogens with one attached hydrogen (secondary N) is 2. The van der Waals surface area contributed by atoms with E-state index in [1.54, 1.807) is 23.5 Å². The molecule has 0 aliphatic carbocycles. The van der Waals surface area contributed by atoms with Crippen molar-refractivity contribution in [1.82, 2.24) is 10.3 Å². The Morgan fingerprint density at radius 2 is 1.93 bits per heavy atom. The minimum atomic E-state index is -0.633. The first kappa shape index (κ1) is 21.5. The number of amides is 2. The van der Waals surface area contributed by atoms with Gasteiger partial charge in [0.15, 0.2) is 0 Å². The van der Waals surface area contributed by atoms with E-state index in [0.29, 0.717) is 24.5 Å². The highest BCUT2D eigenvalue weighted by atomic mass is 32.1. The number of carbonyl (C=O) groups excluding carboxylic acids is 1. The maximum atomic E-state index is 14.7. The third-order valence-corrected chi connectivity index (χ3v) is 6.35. The van der Waals surface area contributed by atoms with E-state index in [1.165, 1.54) is 6.07 Å². The molecule has 1 saturated heterocycles. The van der Waals surface area contributed by atoms with Gasteiger partial charge >= 0.3 is 6.03 Å². The van der Waals surface area contributed by atoms with Crippen LogP contribution in [0.1, 0.15) is 43.3 Å². The molecule has 1 aliphatic rings. The number of carbonyl (C=O) groups is 1. The summed E-state index contributed by atoms with van der Waals surface area (Å²) in [6, 6.07) is 4.37. The van der Waals surface area contributed by atoms with Crippen LogP contribution < -0.4 is 15.5 Å². The van der Waals surface area contributed by atoms with Crippen LogP contribution in [-0.2, 0) is 10.3 Å². The second-order valence-corrected chi connectivity index (χ2v) is 9.40. The van der Waals surface area contributed by atoms with Crippen molar-refractivity contribution in [3.63, 3.8) is 0 Å². The monoisotopic (exact) mass is 420 g/mol. The molecule has 2 amide bonds. The standard InChI is InChI=1S/C21H29FN4O2S/c1-12-10-26(11-13(2)28-12)18-8-7-16(9-17(18)22)24-20(27)25-21(5,6)19-23-14(3)15(4)29-19/h7-9,12-13H,10-11H2,1-6H3,(H2,24,25,27)/t12-,13-/m0/s1. The molecule has 0 unspecified atom stereocenters. The van der Waals surface area contributed by atoms with Gasteiger partial charge in [-0.15, -0.1) is 11.3 Å². The summed E-state index contributed by atoms with van der Waals surface area (Å²) in [5.41, 5.74) is 1.25. The molecule has 0 saturated carbocycles. The number of hydrogen-bond acceptors (Lipinski definition) is 5. The van der Waals surface area contributed by atoms with E-state index in [2.05, 4.69) is 15.6 Å². The van der Waals surface area contributed by atoms with Gasteiger partial charge in [0.2, 0.25) is 0 Å². The summed E-state index contributed by atoms with van der Waals surface area (Å²) in [5.74, 6) is -0.366. The van der Waals surface area contributed by atoms with Gasteiger partial charge in [-0.05, 0) is 59.7 Å². The van der Waals surface area contributed by atoms with Crippen LogP contribution in [-0.4, -0.2) is 36.3 Å². The van der Waals surface area contributed by atoms with Crippen molar-refractivity contribution in [2.24, 2.45) is 0 Å². The number of thiazole rings is 1. The van der Waals surface area contributed by atoms with Gasteiger partial charge in [-0.25, -0.2) is 14.2 Å². The second kappa shape index (κ2) is 8.28. The Morgan fingerprint density at radius 1 is 1.28 bits per heavy atom. The number of aryl methyl sites for hydroxylation is 2. The summed E-state index contributed by atoms with van der Waals surface area (Å²) in [4.78, 5) is 20.1. The molecule has 0 spiro atoms. The van der Waals surface area contributed by atoms with Gasteiger partial charge < -0.3 is 20.3 Å². The van der Waals surface area contributed by atoms with Gasteiger partial charge in [-0.2, -0.15) is 0 Å². The van der Waals surface area contributed by atoms with Crippen LogP contribution in [0, 0.1) is 19.7 Å². The fraction of sp³-hybridized carbons (Fsp3) is 0.524. The predicted octanol–water partition coefficient (Wildman–Crippen LogP) is 4.57. The summed E-state index contributed by atoms with van der Waals surface area (Å²) < 4.78 is 20.4. The van der Waals surface area contributed by atoms with E-state index in [1.807, 2.05) is 46.4 Å². The van der Waals surface area contributed by atoms with E-state index in [9.17, 15) is 9.18 Å². The first-order valence-electron chi connectivity index (χ1n) is 9.79. The van der Waals surface area contributed by atoms with Crippen molar-refractivity contribution in [1.29, 1.82) is 0 Å². The molecule has 0 radical (unpaired) electrons. The maximum Gasteiger partial charge on any atom is 0.319 e. The van der Waals surface area contributed by atoms with Crippen molar-refractivity contribution in [3.05, 3.63) is 39.6 Å². The Bertz CT molecular complexity index is 869. The Labute approximate surface area is 175 Å². The largest absolute Gasteiger partial charge is 0.372 e. The topological polar surface area (TPSA) is 66.5 Å². The maximum absolute atomic E-state index is 14.7. The van der Waals surface area contributed by atoms with E-state index in [-0.39, 0.29) is 18.0 Å². The third-order valence-electron chi connectivity index (χ3n) is 4.96. The van der Waals surface area contributed by atoms with Gasteiger partial charge in [-0.3, -0.25) is 0 Å². The van der Waals surface area contributed by atoms with Crippen LogP contribution in [0.2, 0.25) is 0 Å². The number of aromatic nitrogens is 1. The number of anilines is 2. The molecule has 6 nitrogen and oxygen atoms in total. The number of hydrogen-bond donors (Lipinski definition) is 2. The Morgan fingerprint density at radius 3 is 2.48 bits per heavy atom. The highest BCUT2D eigenvalue weighted by Crippen LogP contribution is 2.28. The zero-order chi connectivity index (χ0) is 21.3. The minimum absolute atomic E-state index is 0.0436. The van der Waals surface area contributed by atoms with Crippen molar-refractivity contribution >= 4 is 28.7 Å². The molecule has 0 bridgehead atoms. The van der Waals surface area contributed by atoms with Gasteiger partial charge in [0, 0.05) is 23.7 Å². The highest BCUT2D eigenvalue weighted by molar-refractivity contribution is 7.11. The average Bonchev–Trinajstić information content (AvgIpc) is 2.93. The molecule has 8 heteroatoms. The van der Waals surface area contributed by atoms with Crippen molar-refractivity contribution < 1.29 is 13.9 Å². The molecule has 158 valence electrons. The fourth-order valence-electron chi connectivity index (χ4n) is 3.46. The zero-order valence-corrected chi connectivity index (χ0v) is 18.6. The number of morpholine rings is 1. The fourth-order valence-corrected chi connectivity index (χ4v) is 4.43. The molecule has 2 atom stereocenters. The van der Waals surface area contributed by atoms with Crippen molar-refractivity contribution in [2.45, 2.75) is 59.3 Å². The molecule has 1 aliphatic heterocycles. The summed E-state index contributed by atoms with van der Waals surface area (Å²) in [7, 11) is 0. The molecule has 1 aromatic carbocycles. The summed E-state index contributed by atoms with van der Waals surface area (Å²) in [6.07, 6.45) is 0.0872. The molecule has 1 aromatic heterocycles. The third kappa shape index (κ3) is 5.05. The Kier molecular flexibility index (Phi) is 6.14. The summed E-state index contributed by atoms with van der Waals surface area (Å²) in [6.45, 7) is 13.0. The van der Waals surface area contributed by atoms with Crippen LogP contribution in [0.5, 0.6) is 0 Å². The molecule has 3 rings (SSSR count). The highest BCUT2D eigenvalue weighted by Gasteiger charge is 2.28. The van der Waals surface area contributed by atoms with Crippen LogP contribution in [0.3, 0.4) is 0 Å². The Balaban J connectivity index is 1.67. The first-order valence-corrected chi connectivity index (χ1v) is 10.6. The number of benzene rings is 1. The smallest absolute Gasteiger partial charge is 0.319 e. The Hall–Kier alpha value is -2.19. The number of nitrogens with zero attached hydrogens (tertiary/aromatic N) is 2. The lowest BCUT2D eigenvalue weighted by Crippen LogP contribution is -2.45. The number of halogens is 1. The van der Waals surface area contributed by atoms with Crippen molar-refractivity contribution in [3.8, 4) is 0 Å². The number of urea groups is 1. The first-order chi connectivity index (χ1) is 13.5. The predicted molar refractivity (Wildman–Crippen MR) is 115 cm³/mol. The second-order valence-electron chi connectivity index (χ2n) is 8.19. The normalized spacial score (nSPS) is 19.9. The molecular weight excluding hydrogens is 391 g/mol. The van der Waals surface area contributed by atoms with Crippen LogP contribution >= 0.6 is 11.3 Å². The molecule has 2 aromatic rings. The molecule has 2 heterocycles. The minimum Gasteiger partial charge on any atom is -0.372 e. The lowest BCUT2D eigenvalue weighted by Gasteiger charge is -2.37. The lowest BCUT2D eigenvalue weighted by molar-refractivity contribution is -0.00539. The number of rotatable bonds is 4. The molecular formula is C21H29FN4O2S. The van der Waals surface area contributed by atoms with E-state index in [0.717, 1.165) is 15.6 Å². The SMILES string of the molecule is Cc1nc(C(C)(C)NC(=O)Nc2ccc(N3C[C@H](C)O[C@@H](C)C3)c(F)c2)sc1C. The van der Waals surface area contributed by atoms with Gasteiger partial charge in [0.25, 0.3) is 0 Å². The lowest BCUT2D eigenvalue weighted by atomic mass is 10.1. The summed E-state index contributed by atoms with van der Waals surface area (Å²) >= 11 is 1.56. The van der Waals surface area contributed by atoms with Gasteiger partial charge in [0.05, 0.1) is 29.1 Å². The van der Waals surface area contributed by atoms with E-state index in [4.69, 9.17) is 4.74 Å². The summed E-state index contributed by atoms with van der Waals surface area (Å²) in [5, 5.41) is 6.47. The van der Waals surface area contributed by atoms with Crippen LogP contribution in [0.4, 0.5) is 20.6 Å².